The highest BCUT2D eigenvalue weighted by Crippen LogP contribution is 2.40. The average molecular weight is 147 g/mol. The van der Waals surface area contributed by atoms with Gasteiger partial charge >= 0.3 is 0 Å². The van der Waals surface area contributed by atoms with Crippen LogP contribution in [0.2, 0.25) is 0 Å². The van der Waals surface area contributed by atoms with Crippen LogP contribution in [0.4, 0.5) is 0 Å². The quantitative estimate of drug-likeness (QED) is 0.426. The number of hydrogen-bond donors (Lipinski definition) is 0. The number of carbonyl (C=O) groups is 2. The summed E-state index contributed by atoms with van der Waals surface area (Å²) >= 11 is 5.64. The molecule has 0 aromatic heterocycles. The van der Waals surface area contributed by atoms with Crippen molar-refractivity contribution < 1.29 is 9.59 Å². The van der Waals surface area contributed by atoms with E-state index < -0.39 is 4.87 Å². The van der Waals surface area contributed by atoms with E-state index in [4.69, 9.17) is 11.6 Å². The summed E-state index contributed by atoms with van der Waals surface area (Å²) in [5.41, 5.74) is 0. The highest BCUT2D eigenvalue weighted by molar-refractivity contribution is 6.32. The molecule has 0 saturated heterocycles. The van der Waals surface area contributed by atoms with Crippen molar-refractivity contribution in [2.24, 2.45) is 5.92 Å². The molecule has 0 aromatic carbocycles. The summed E-state index contributed by atoms with van der Waals surface area (Å²) < 4.78 is 0. The molecule has 0 aromatic rings. The SMILES string of the molecule is O=CC1CC(Cl)(C=O)C1. The van der Waals surface area contributed by atoms with E-state index in [0.29, 0.717) is 19.1 Å². The third-order valence-electron chi connectivity index (χ3n) is 1.61. The highest BCUT2D eigenvalue weighted by Gasteiger charge is 2.42. The van der Waals surface area contributed by atoms with Crippen LogP contribution in [0.25, 0.3) is 0 Å². The van der Waals surface area contributed by atoms with E-state index in [1.165, 1.54) is 0 Å². The van der Waals surface area contributed by atoms with Crippen molar-refractivity contribution in [3.8, 4) is 0 Å². The lowest BCUT2D eigenvalue weighted by Crippen LogP contribution is -2.40. The van der Waals surface area contributed by atoms with Gasteiger partial charge in [0.25, 0.3) is 0 Å². The molecule has 1 aliphatic carbocycles. The topological polar surface area (TPSA) is 34.1 Å². The highest BCUT2D eigenvalue weighted by atomic mass is 35.5. The average Bonchev–Trinajstić information content (AvgIpc) is 1.81. The van der Waals surface area contributed by atoms with Gasteiger partial charge in [-0.2, -0.15) is 0 Å². The van der Waals surface area contributed by atoms with Crippen LogP contribution in [0.5, 0.6) is 0 Å². The van der Waals surface area contributed by atoms with Crippen LogP contribution in [0.1, 0.15) is 12.8 Å². The molecule has 0 aliphatic heterocycles. The normalized spacial score (nSPS) is 41.2. The molecule has 3 heteroatoms. The van der Waals surface area contributed by atoms with E-state index in [-0.39, 0.29) is 5.92 Å². The van der Waals surface area contributed by atoms with Crippen molar-refractivity contribution >= 4 is 24.2 Å². The standard InChI is InChI=1S/C6H7ClO2/c7-6(4-9)1-5(2-6)3-8/h3-5H,1-2H2. The Hall–Kier alpha value is -0.370. The predicted molar refractivity (Wildman–Crippen MR) is 33.4 cm³/mol. The summed E-state index contributed by atoms with van der Waals surface area (Å²) in [6.07, 6.45) is 2.60. The van der Waals surface area contributed by atoms with Gasteiger partial charge in [-0.1, -0.05) is 0 Å². The van der Waals surface area contributed by atoms with Crippen LogP contribution in [0.3, 0.4) is 0 Å². The maximum atomic E-state index is 10.1. The molecule has 0 radical (unpaired) electrons. The minimum absolute atomic E-state index is 0.0210. The largest absolute Gasteiger partial charge is 0.303 e. The van der Waals surface area contributed by atoms with Crippen LogP contribution in [0.15, 0.2) is 0 Å². The molecule has 0 unspecified atom stereocenters. The second-order valence-corrected chi connectivity index (χ2v) is 3.21. The van der Waals surface area contributed by atoms with Gasteiger partial charge in [-0.3, -0.25) is 0 Å². The van der Waals surface area contributed by atoms with Gasteiger partial charge in [-0.15, -0.1) is 11.6 Å². The third-order valence-corrected chi connectivity index (χ3v) is 2.00. The molecule has 0 heterocycles. The molecular formula is C6H7ClO2. The molecule has 0 atom stereocenters. The molecule has 1 fully saturated rings. The molecule has 50 valence electrons. The zero-order valence-electron chi connectivity index (χ0n) is 4.84. The van der Waals surface area contributed by atoms with Gasteiger partial charge in [0.1, 0.15) is 17.4 Å². The fraction of sp³-hybridized carbons (Fsp3) is 0.667. The molecule has 0 amide bonds. The van der Waals surface area contributed by atoms with Crippen LogP contribution in [-0.2, 0) is 9.59 Å². The Labute approximate surface area is 58.2 Å². The Morgan fingerprint density at radius 1 is 1.44 bits per heavy atom. The summed E-state index contributed by atoms with van der Waals surface area (Å²) in [5.74, 6) is 0.0210. The zero-order valence-corrected chi connectivity index (χ0v) is 5.60. The third kappa shape index (κ3) is 1.13. The Kier molecular flexibility index (Phi) is 1.58. The first kappa shape index (κ1) is 6.75. The van der Waals surface area contributed by atoms with Crippen molar-refractivity contribution in [3.05, 3.63) is 0 Å². The van der Waals surface area contributed by atoms with Gasteiger partial charge in [0.2, 0.25) is 0 Å². The first-order chi connectivity index (χ1) is 4.20. The first-order valence-electron chi connectivity index (χ1n) is 2.81. The predicted octanol–water partition coefficient (Wildman–Crippen LogP) is 0.772. The molecule has 1 aliphatic rings. The van der Waals surface area contributed by atoms with Gasteiger partial charge in [0.05, 0.1) is 0 Å². The smallest absolute Gasteiger partial charge is 0.140 e. The maximum Gasteiger partial charge on any atom is 0.140 e. The van der Waals surface area contributed by atoms with E-state index >= 15 is 0 Å². The fourth-order valence-corrected chi connectivity index (χ4v) is 1.40. The van der Waals surface area contributed by atoms with Crippen molar-refractivity contribution in [1.29, 1.82) is 0 Å². The molecule has 1 saturated carbocycles. The molecule has 1 rings (SSSR count). The van der Waals surface area contributed by atoms with E-state index in [0.717, 1.165) is 6.29 Å². The second kappa shape index (κ2) is 2.10. The minimum atomic E-state index is -0.703. The summed E-state index contributed by atoms with van der Waals surface area (Å²) in [7, 11) is 0. The summed E-state index contributed by atoms with van der Waals surface area (Å²) in [5, 5.41) is 0. The minimum Gasteiger partial charge on any atom is -0.303 e. The Bertz CT molecular complexity index is 138. The van der Waals surface area contributed by atoms with Crippen LogP contribution in [0, 0.1) is 5.92 Å². The molecular weight excluding hydrogens is 140 g/mol. The zero-order chi connectivity index (χ0) is 6.91. The Morgan fingerprint density at radius 3 is 2.33 bits per heavy atom. The van der Waals surface area contributed by atoms with Crippen molar-refractivity contribution in [1.82, 2.24) is 0 Å². The van der Waals surface area contributed by atoms with Crippen molar-refractivity contribution in [2.45, 2.75) is 17.7 Å². The number of halogens is 1. The monoisotopic (exact) mass is 146 g/mol. The van der Waals surface area contributed by atoms with Crippen LogP contribution in [-0.4, -0.2) is 17.4 Å². The Balaban J connectivity index is 2.40. The van der Waals surface area contributed by atoms with Gasteiger partial charge in [-0.05, 0) is 12.8 Å². The van der Waals surface area contributed by atoms with Crippen LogP contribution >= 0.6 is 11.6 Å². The van der Waals surface area contributed by atoms with Gasteiger partial charge in [0, 0.05) is 5.92 Å². The second-order valence-electron chi connectivity index (χ2n) is 2.46. The lowest BCUT2D eigenvalue weighted by Gasteiger charge is -2.35. The maximum absolute atomic E-state index is 10.1. The number of carbonyl (C=O) groups excluding carboxylic acids is 2. The van der Waals surface area contributed by atoms with Crippen LogP contribution < -0.4 is 0 Å². The number of hydrogen-bond acceptors (Lipinski definition) is 2. The Morgan fingerprint density at radius 2 is 2.00 bits per heavy atom. The summed E-state index contributed by atoms with van der Waals surface area (Å²) in [6, 6.07) is 0. The molecule has 2 nitrogen and oxygen atoms in total. The van der Waals surface area contributed by atoms with Crippen molar-refractivity contribution in [3.63, 3.8) is 0 Å². The number of alkyl halides is 1. The summed E-state index contributed by atoms with van der Waals surface area (Å²) in [6.45, 7) is 0. The molecule has 0 bridgehead atoms. The summed E-state index contributed by atoms with van der Waals surface area (Å²) in [4.78, 5) is 19.4. The number of aldehydes is 2. The first-order valence-corrected chi connectivity index (χ1v) is 3.18. The van der Waals surface area contributed by atoms with Gasteiger partial charge in [-0.25, -0.2) is 0 Å². The lowest BCUT2D eigenvalue weighted by atomic mass is 9.76. The van der Waals surface area contributed by atoms with E-state index in [9.17, 15) is 9.59 Å². The number of rotatable bonds is 2. The molecule has 0 N–H and O–H groups in total. The van der Waals surface area contributed by atoms with Gasteiger partial charge < -0.3 is 9.59 Å². The van der Waals surface area contributed by atoms with E-state index in [2.05, 4.69) is 0 Å². The van der Waals surface area contributed by atoms with Crippen molar-refractivity contribution in [2.75, 3.05) is 0 Å². The molecule has 9 heavy (non-hydrogen) atoms. The fourth-order valence-electron chi connectivity index (χ4n) is 1.00. The van der Waals surface area contributed by atoms with E-state index in [1.807, 2.05) is 0 Å². The molecule has 0 spiro atoms. The van der Waals surface area contributed by atoms with E-state index in [1.54, 1.807) is 0 Å². The van der Waals surface area contributed by atoms with Gasteiger partial charge in [0.15, 0.2) is 0 Å². The lowest BCUT2D eigenvalue weighted by molar-refractivity contribution is -0.118.